The molecule has 0 spiro atoms. The van der Waals surface area contributed by atoms with Crippen LogP contribution in [-0.2, 0) is 6.42 Å². The zero-order chi connectivity index (χ0) is 17.9. The van der Waals surface area contributed by atoms with E-state index in [1.54, 1.807) is 48.5 Å². The van der Waals surface area contributed by atoms with Crippen LogP contribution >= 0.6 is 0 Å². The summed E-state index contributed by atoms with van der Waals surface area (Å²) in [5, 5.41) is 9.58. The average Bonchev–Trinajstić information content (AvgIpc) is 2.68. The van der Waals surface area contributed by atoms with Crippen LogP contribution in [0.5, 0.6) is 17.2 Å². The number of carbonyl (C=O) groups is 1. The maximum atomic E-state index is 12.2. The van der Waals surface area contributed by atoms with Gasteiger partial charge in [0.1, 0.15) is 23.4 Å². The van der Waals surface area contributed by atoms with E-state index in [2.05, 4.69) is 0 Å². The van der Waals surface area contributed by atoms with Crippen LogP contribution < -0.4 is 9.47 Å². The molecule has 0 fully saturated rings. The van der Waals surface area contributed by atoms with E-state index in [0.29, 0.717) is 11.3 Å². The smallest absolute Gasteiger partial charge is 0.343 e. The number of aromatic hydroxyl groups is 1. The average molecular weight is 346 g/mol. The highest BCUT2D eigenvalue weighted by Gasteiger charge is 2.22. The van der Waals surface area contributed by atoms with Crippen molar-refractivity contribution in [3.05, 3.63) is 89.5 Å². The second-order valence-electron chi connectivity index (χ2n) is 6.27. The summed E-state index contributed by atoms with van der Waals surface area (Å²) in [6.45, 7) is 0. The molecule has 1 atom stereocenters. The Morgan fingerprint density at radius 3 is 2.69 bits per heavy atom. The van der Waals surface area contributed by atoms with E-state index in [0.717, 1.165) is 29.7 Å². The van der Waals surface area contributed by atoms with Crippen LogP contribution in [-0.4, -0.2) is 11.1 Å². The van der Waals surface area contributed by atoms with Crippen molar-refractivity contribution in [2.24, 2.45) is 0 Å². The van der Waals surface area contributed by atoms with Crippen molar-refractivity contribution < 1.29 is 19.4 Å². The van der Waals surface area contributed by atoms with Gasteiger partial charge in [0.2, 0.25) is 0 Å². The number of phenolic OH excluding ortho intramolecular Hbond substituents is 1. The summed E-state index contributed by atoms with van der Waals surface area (Å²) in [6.07, 6.45) is 1.51. The van der Waals surface area contributed by atoms with Gasteiger partial charge in [-0.3, -0.25) is 0 Å². The lowest BCUT2D eigenvalue weighted by molar-refractivity contribution is 0.0734. The van der Waals surface area contributed by atoms with E-state index in [1.807, 2.05) is 24.3 Å². The van der Waals surface area contributed by atoms with Gasteiger partial charge in [-0.05, 0) is 66.4 Å². The molecule has 1 unspecified atom stereocenters. The molecule has 4 heteroatoms. The minimum Gasteiger partial charge on any atom is -0.508 e. The van der Waals surface area contributed by atoms with E-state index in [9.17, 15) is 9.90 Å². The molecule has 0 bridgehead atoms. The number of benzene rings is 3. The predicted molar refractivity (Wildman–Crippen MR) is 97.6 cm³/mol. The molecule has 0 saturated carbocycles. The van der Waals surface area contributed by atoms with Crippen LogP contribution in [0.2, 0.25) is 0 Å². The van der Waals surface area contributed by atoms with Gasteiger partial charge in [-0.25, -0.2) is 4.79 Å². The van der Waals surface area contributed by atoms with E-state index in [1.165, 1.54) is 0 Å². The third kappa shape index (κ3) is 3.40. The first kappa shape index (κ1) is 16.2. The maximum Gasteiger partial charge on any atom is 0.343 e. The Labute approximate surface area is 151 Å². The molecule has 3 aromatic carbocycles. The Morgan fingerprint density at radius 2 is 1.85 bits per heavy atom. The number of ether oxygens (including phenoxy) is 2. The Balaban J connectivity index is 1.51. The van der Waals surface area contributed by atoms with Gasteiger partial charge in [-0.1, -0.05) is 30.3 Å². The lowest BCUT2D eigenvalue weighted by atomic mass is 9.97. The van der Waals surface area contributed by atoms with Gasteiger partial charge in [-0.2, -0.15) is 0 Å². The van der Waals surface area contributed by atoms with E-state index in [4.69, 9.17) is 9.47 Å². The summed E-state index contributed by atoms with van der Waals surface area (Å²) in [6, 6.07) is 21.5. The number of aryl methyl sites for hydroxylation is 1. The van der Waals surface area contributed by atoms with Crippen LogP contribution in [0, 0.1) is 0 Å². The summed E-state index contributed by atoms with van der Waals surface area (Å²) >= 11 is 0. The first-order valence-corrected chi connectivity index (χ1v) is 8.55. The number of phenols is 1. The van der Waals surface area contributed by atoms with Gasteiger partial charge in [0.15, 0.2) is 0 Å². The first-order chi connectivity index (χ1) is 12.7. The fourth-order valence-corrected chi connectivity index (χ4v) is 3.13. The van der Waals surface area contributed by atoms with Crippen LogP contribution in [0.1, 0.15) is 34.0 Å². The SMILES string of the molecule is O=C(Oc1cccc(C2CCc3cc(O)ccc3O2)c1)c1ccccc1. The van der Waals surface area contributed by atoms with Gasteiger partial charge in [0.25, 0.3) is 0 Å². The molecule has 0 aliphatic carbocycles. The van der Waals surface area contributed by atoms with Crippen LogP contribution in [0.4, 0.5) is 0 Å². The fourth-order valence-electron chi connectivity index (χ4n) is 3.13. The monoisotopic (exact) mass is 346 g/mol. The number of fused-ring (bicyclic) bond motifs is 1. The molecule has 1 N–H and O–H groups in total. The van der Waals surface area contributed by atoms with E-state index < -0.39 is 0 Å². The standard InChI is InChI=1S/C22H18O4/c23-18-10-12-21-17(13-18)9-11-20(26-21)16-7-4-8-19(14-16)25-22(24)15-5-2-1-3-6-15/h1-8,10,12-14,20,23H,9,11H2. The number of rotatable bonds is 3. The van der Waals surface area contributed by atoms with Crippen molar-refractivity contribution >= 4 is 5.97 Å². The largest absolute Gasteiger partial charge is 0.508 e. The molecular weight excluding hydrogens is 328 g/mol. The highest BCUT2D eigenvalue weighted by Crippen LogP contribution is 2.37. The summed E-state index contributed by atoms with van der Waals surface area (Å²) in [5.74, 6) is 1.15. The third-order valence-corrected chi connectivity index (χ3v) is 4.44. The van der Waals surface area contributed by atoms with Crippen molar-refractivity contribution in [3.63, 3.8) is 0 Å². The van der Waals surface area contributed by atoms with Gasteiger partial charge in [0.05, 0.1) is 5.56 Å². The molecule has 1 heterocycles. The first-order valence-electron chi connectivity index (χ1n) is 8.55. The van der Waals surface area contributed by atoms with E-state index in [-0.39, 0.29) is 17.8 Å². The van der Waals surface area contributed by atoms with Crippen molar-refractivity contribution in [3.8, 4) is 17.2 Å². The molecule has 4 rings (SSSR count). The normalized spacial score (nSPS) is 15.6. The molecule has 1 aliphatic rings. The zero-order valence-electron chi connectivity index (χ0n) is 14.1. The molecule has 130 valence electrons. The Kier molecular flexibility index (Phi) is 4.32. The molecule has 0 aromatic heterocycles. The molecule has 0 radical (unpaired) electrons. The minimum absolute atomic E-state index is 0.109. The minimum atomic E-state index is -0.381. The predicted octanol–water partition coefficient (Wildman–Crippen LogP) is 4.68. The van der Waals surface area contributed by atoms with Crippen LogP contribution in [0.25, 0.3) is 0 Å². The van der Waals surface area contributed by atoms with Gasteiger partial charge < -0.3 is 14.6 Å². The van der Waals surface area contributed by atoms with Crippen molar-refractivity contribution in [2.75, 3.05) is 0 Å². The number of hydrogen-bond donors (Lipinski definition) is 1. The molecule has 26 heavy (non-hydrogen) atoms. The summed E-state index contributed by atoms with van der Waals surface area (Å²) in [5.41, 5.74) is 2.48. The quantitative estimate of drug-likeness (QED) is 0.553. The van der Waals surface area contributed by atoms with Gasteiger partial charge in [-0.15, -0.1) is 0 Å². The molecule has 0 amide bonds. The summed E-state index contributed by atoms with van der Waals surface area (Å²) in [7, 11) is 0. The Hall–Kier alpha value is -3.27. The fraction of sp³-hybridized carbons (Fsp3) is 0.136. The molecule has 0 saturated heterocycles. The van der Waals surface area contributed by atoms with Gasteiger partial charge >= 0.3 is 5.97 Å². The highest BCUT2D eigenvalue weighted by molar-refractivity contribution is 5.90. The highest BCUT2D eigenvalue weighted by atomic mass is 16.5. The second kappa shape index (κ2) is 6.92. The van der Waals surface area contributed by atoms with E-state index >= 15 is 0 Å². The summed E-state index contributed by atoms with van der Waals surface area (Å²) < 4.78 is 11.6. The number of hydrogen-bond acceptors (Lipinski definition) is 4. The maximum absolute atomic E-state index is 12.2. The molecule has 1 aliphatic heterocycles. The lowest BCUT2D eigenvalue weighted by Crippen LogP contribution is -2.15. The lowest BCUT2D eigenvalue weighted by Gasteiger charge is -2.26. The van der Waals surface area contributed by atoms with Crippen LogP contribution in [0.15, 0.2) is 72.8 Å². The van der Waals surface area contributed by atoms with Crippen molar-refractivity contribution in [2.45, 2.75) is 18.9 Å². The zero-order valence-corrected chi connectivity index (χ0v) is 14.1. The number of esters is 1. The van der Waals surface area contributed by atoms with Crippen LogP contribution in [0.3, 0.4) is 0 Å². The van der Waals surface area contributed by atoms with Crippen molar-refractivity contribution in [1.29, 1.82) is 0 Å². The Morgan fingerprint density at radius 1 is 1.00 bits per heavy atom. The molecule has 4 nitrogen and oxygen atoms in total. The molecule has 3 aromatic rings. The third-order valence-electron chi connectivity index (χ3n) is 4.44. The van der Waals surface area contributed by atoms with Gasteiger partial charge in [0, 0.05) is 0 Å². The van der Waals surface area contributed by atoms with Crippen molar-refractivity contribution in [1.82, 2.24) is 0 Å². The summed E-state index contributed by atoms with van der Waals surface area (Å²) in [4.78, 5) is 12.2. The number of carbonyl (C=O) groups excluding carboxylic acids is 1. The molecular formula is C22H18O4. The Bertz CT molecular complexity index is 934. The second-order valence-corrected chi connectivity index (χ2v) is 6.27. The topological polar surface area (TPSA) is 55.8 Å².